The molecule has 0 unspecified atom stereocenters. The van der Waals surface area contributed by atoms with Gasteiger partial charge in [0.2, 0.25) is 21.9 Å². The van der Waals surface area contributed by atoms with Crippen molar-refractivity contribution in [1.29, 1.82) is 0 Å². The van der Waals surface area contributed by atoms with Crippen LogP contribution >= 0.6 is 11.6 Å². The summed E-state index contributed by atoms with van der Waals surface area (Å²) in [6.07, 6.45) is 3.73. The van der Waals surface area contributed by atoms with E-state index in [0.717, 1.165) is 35.2 Å². The lowest BCUT2D eigenvalue weighted by Gasteiger charge is -2.22. The first-order valence-electron chi connectivity index (χ1n) is 13.0. The zero-order valence-electron chi connectivity index (χ0n) is 22.6. The van der Waals surface area contributed by atoms with Crippen LogP contribution in [-0.2, 0) is 14.8 Å². The monoisotopic (exact) mass is 578 g/mol. The van der Waals surface area contributed by atoms with E-state index in [4.69, 9.17) is 21.3 Å². The molecule has 3 aromatic carbocycles. The van der Waals surface area contributed by atoms with Crippen molar-refractivity contribution in [3.63, 3.8) is 0 Å². The van der Waals surface area contributed by atoms with E-state index in [-0.39, 0.29) is 23.9 Å². The number of methoxy groups -OCH3 is 1. The van der Waals surface area contributed by atoms with Crippen molar-refractivity contribution in [2.24, 2.45) is 5.92 Å². The number of hydrogen-bond acceptors (Lipinski definition) is 5. The van der Waals surface area contributed by atoms with Crippen molar-refractivity contribution in [2.75, 3.05) is 25.5 Å². The van der Waals surface area contributed by atoms with Gasteiger partial charge in [-0.2, -0.15) is 4.31 Å². The highest BCUT2D eigenvalue weighted by molar-refractivity contribution is 7.89. The van der Waals surface area contributed by atoms with Gasteiger partial charge < -0.3 is 4.74 Å². The van der Waals surface area contributed by atoms with Crippen LogP contribution in [0.15, 0.2) is 77.8 Å². The highest BCUT2D eigenvalue weighted by atomic mass is 35.5. The summed E-state index contributed by atoms with van der Waals surface area (Å²) in [5, 5.41) is 3.48. The van der Waals surface area contributed by atoms with Crippen LogP contribution in [0.5, 0.6) is 5.75 Å². The molecule has 1 saturated carbocycles. The molecule has 5 rings (SSSR count). The van der Waals surface area contributed by atoms with Crippen molar-refractivity contribution in [1.82, 2.24) is 13.9 Å². The summed E-state index contributed by atoms with van der Waals surface area (Å²) in [5.41, 5.74) is 4.54. The summed E-state index contributed by atoms with van der Waals surface area (Å²) in [6, 6.07) is 19.5. The fourth-order valence-corrected chi connectivity index (χ4v) is 5.96. The second kappa shape index (κ2) is 11.4. The maximum Gasteiger partial charge on any atom is 0.243 e. The minimum atomic E-state index is -3.91. The molecule has 1 amide bonds. The van der Waals surface area contributed by atoms with Gasteiger partial charge >= 0.3 is 0 Å². The molecule has 1 aromatic heterocycles. The number of halogens is 1. The predicted octanol–water partition coefficient (Wildman–Crippen LogP) is 5.86. The van der Waals surface area contributed by atoms with Crippen LogP contribution in [0, 0.1) is 19.8 Å². The number of carbonyl (C=O) groups is 1. The number of amides is 1. The summed E-state index contributed by atoms with van der Waals surface area (Å²) in [7, 11) is -2.38. The molecule has 1 aliphatic carbocycles. The van der Waals surface area contributed by atoms with Crippen molar-refractivity contribution in [2.45, 2.75) is 31.6 Å². The fraction of sp³-hybridized carbons (Fsp3) is 0.267. The molecule has 1 N–H and O–H groups in total. The SMILES string of the molecule is COc1ccc(S(=O)(=O)N(CC(=O)Nc2nc(-c3ccc(Cl)cc3)cn2-c2ccc(C)c(C)c2)CC2CC2)cc1. The summed E-state index contributed by atoms with van der Waals surface area (Å²) in [5.74, 6) is 0.623. The molecule has 1 fully saturated rings. The lowest BCUT2D eigenvalue weighted by atomic mass is 10.1. The smallest absolute Gasteiger partial charge is 0.243 e. The van der Waals surface area contributed by atoms with Gasteiger partial charge in [0.15, 0.2) is 0 Å². The highest BCUT2D eigenvalue weighted by Gasteiger charge is 2.33. The lowest BCUT2D eigenvalue weighted by molar-refractivity contribution is -0.116. The average molecular weight is 579 g/mol. The fourth-order valence-electron chi connectivity index (χ4n) is 4.36. The molecule has 8 nitrogen and oxygen atoms in total. The van der Waals surface area contributed by atoms with Gasteiger partial charge in [-0.15, -0.1) is 0 Å². The van der Waals surface area contributed by atoms with Gasteiger partial charge in [0.1, 0.15) is 5.75 Å². The summed E-state index contributed by atoms with van der Waals surface area (Å²) < 4.78 is 35.3. The summed E-state index contributed by atoms with van der Waals surface area (Å²) in [4.78, 5) is 18.2. The number of ether oxygens (including phenoxy) is 1. The number of nitrogens with one attached hydrogen (secondary N) is 1. The molecular weight excluding hydrogens is 548 g/mol. The van der Waals surface area contributed by atoms with E-state index in [2.05, 4.69) is 5.32 Å². The number of benzene rings is 3. The lowest BCUT2D eigenvalue weighted by Crippen LogP contribution is -2.39. The van der Waals surface area contributed by atoms with Crippen LogP contribution < -0.4 is 10.1 Å². The maximum atomic E-state index is 13.5. The topological polar surface area (TPSA) is 93.5 Å². The van der Waals surface area contributed by atoms with Crippen molar-refractivity contribution in [3.05, 3.63) is 89.1 Å². The van der Waals surface area contributed by atoms with Crippen LogP contribution in [0.25, 0.3) is 16.9 Å². The zero-order valence-corrected chi connectivity index (χ0v) is 24.2. The summed E-state index contributed by atoms with van der Waals surface area (Å²) in [6.45, 7) is 4.00. The second-order valence-electron chi connectivity index (χ2n) is 10.1. The van der Waals surface area contributed by atoms with Gasteiger partial charge in [-0.05, 0) is 92.3 Å². The van der Waals surface area contributed by atoms with Crippen molar-refractivity contribution < 1.29 is 17.9 Å². The maximum absolute atomic E-state index is 13.5. The molecule has 0 radical (unpaired) electrons. The minimum absolute atomic E-state index is 0.114. The van der Waals surface area contributed by atoms with Gasteiger partial charge in [0, 0.05) is 29.0 Å². The number of aryl methyl sites for hydroxylation is 2. The summed E-state index contributed by atoms with van der Waals surface area (Å²) >= 11 is 6.07. The normalized spacial score (nSPS) is 13.4. The third kappa shape index (κ3) is 6.22. The predicted molar refractivity (Wildman–Crippen MR) is 157 cm³/mol. The van der Waals surface area contributed by atoms with Crippen LogP contribution in [0.2, 0.25) is 5.02 Å². The molecule has 40 heavy (non-hydrogen) atoms. The Morgan fingerprint density at radius 3 is 2.38 bits per heavy atom. The van der Waals surface area contributed by atoms with Crippen LogP contribution in [0.4, 0.5) is 5.95 Å². The molecule has 0 spiro atoms. The number of carbonyl (C=O) groups excluding carboxylic acids is 1. The Morgan fingerprint density at radius 1 is 1.05 bits per heavy atom. The highest BCUT2D eigenvalue weighted by Crippen LogP contribution is 2.32. The molecule has 1 aliphatic rings. The second-order valence-corrected chi connectivity index (χ2v) is 12.4. The minimum Gasteiger partial charge on any atom is -0.497 e. The van der Waals surface area contributed by atoms with Crippen molar-refractivity contribution in [3.8, 4) is 22.7 Å². The third-order valence-corrected chi connectivity index (χ3v) is 9.12. The van der Waals surface area contributed by atoms with Crippen LogP contribution in [0.3, 0.4) is 0 Å². The molecule has 0 saturated heterocycles. The van der Waals surface area contributed by atoms with Crippen LogP contribution in [-0.4, -0.2) is 48.4 Å². The van der Waals surface area contributed by atoms with Crippen molar-refractivity contribution >= 4 is 33.5 Å². The van der Waals surface area contributed by atoms with Gasteiger partial charge in [-0.3, -0.25) is 14.7 Å². The molecule has 0 bridgehead atoms. The van der Waals surface area contributed by atoms with E-state index in [1.807, 2.05) is 50.4 Å². The Hall–Kier alpha value is -3.66. The number of nitrogens with zero attached hydrogens (tertiary/aromatic N) is 3. The van der Waals surface area contributed by atoms with E-state index < -0.39 is 15.9 Å². The Kier molecular flexibility index (Phi) is 7.98. The molecular formula is C30H31ClN4O4S. The van der Waals surface area contributed by atoms with E-state index in [0.29, 0.717) is 22.4 Å². The largest absolute Gasteiger partial charge is 0.497 e. The van der Waals surface area contributed by atoms with Gasteiger partial charge in [0.05, 0.1) is 24.2 Å². The molecule has 4 aromatic rings. The number of aromatic nitrogens is 2. The average Bonchev–Trinajstić information content (AvgIpc) is 3.67. The number of rotatable bonds is 10. The van der Waals surface area contributed by atoms with E-state index >= 15 is 0 Å². The molecule has 1 heterocycles. The first-order valence-corrected chi connectivity index (χ1v) is 14.8. The van der Waals surface area contributed by atoms with Crippen LogP contribution in [0.1, 0.15) is 24.0 Å². The van der Waals surface area contributed by atoms with Gasteiger partial charge in [-0.1, -0.05) is 29.8 Å². The Labute approximate surface area is 239 Å². The van der Waals surface area contributed by atoms with E-state index in [1.54, 1.807) is 28.8 Å². The Balaban J connectivity index is 1.44. The number of imidazole rings is 1. The van der Waals surface area contributed by atoms with E-state index in [1.165, 1.54) is 23.5 Å². The third-order valence-electron chi connectivity index (χ3n) is 7.04. The number of sulfonamides is 1. The molecule has 0 atom stereocenters. The van der Waals surface area contributed by atoms with Gasteiger partial charge in [-0.25, -0.2) is 13.4 Å². The standard InChI is InChI=1S/C30H31ClN4O4S/c1-20-4-11-25(16-21(20)2)35-18-28(23-7-9-24(31)10-8-23)32-30(35)33-29(36)19-34(17-22-5-6-22)40(37,38)27-14-12-26(39-3)13-15-27/h4,7-16,18,22H,5-6,17,19H2,1-3H3,(H,32,33,36). The Bertz CT molecular complexity index is 1630. The quantitative estimate of drug-likeness (QED) is 0.254. The molecule has 10 heteroatoms. The Morgan fingerprint density at radius 2 is 1.75 bits per heavy atom. The number of anilines is 1. The first-order chi connectivity index (χ1) is 19.1. The van der Waals surface area contributed by atoms with Gasteiger partial charge in [0.25, 0.3) is 0 Å². The first kappa shape index (κ1) is 27.9. The molecule has 208 valence electrons. The molecule has 0 aliphatic heterocycles. The van der Waals surface area contributed by atoms with E-state index in [9.17, 15) is 13.2 Å². The number of hydrogen-bond donors (Lipinski definition) is 1. The zero-order chi connectivity index (χ0) is 28.4.